The fraction of sp³-hybridized carbons (Fsp3) is 0.412. The number of hydrogen-bond acceptors (Lipinski definition) is 6. The van der Waals surface area contributed by atoms with Gasteiger partial charge >= 0.3 is 0 Å². The third kappa shape index (κ3) is 4.82. The van der Waals surface area contributed by atoms with Gasteiger partial charge in [0.1, 0.15) is 18.0 Å². The van der Waals surface area contributed by atoms with Crippen LogP contribution < -0.4 is 15.5 Å². The first-order chi connectivity index (χ1) is 11.4. The van der Waals surface area contributed by atoms with Gasteiger partial charge in [0.2, 0.25) is 0 Å². The first-order valence-corrected chi connectivity index (χ1v) is 8.09. The average Bonchev–Trinajstić information content (AvgIpc) is 2.63. The first kappa shape index (κ1) is 15.6. The molecule has 1 aliphatic rings. The van der Waals surface area contributed by atoms with Crippen molar-refractivity contribution < 1.29 is 4.74 Å². The third-order valence-electron chi connectivity index (χ3n) is 3.75. The fourth-order valence-corrected chi connectivity index (χ4v) is 2.50. The lowest BCUT2D eigenvalue weighted by Gasteiger charge is -2.27. The Morgan fingerprint density at radius 2 is 1.78 bits per heavy atom. The van der Waals surface area contributed by atoms with Crippen molar-refractivity contribution >= 4 is 17.3 Å². The Kier molecular flexibility index (Phi) is 5.64. The van der Waals surface area contributed by atoms with Crippen LogP contribution >= 0.6 is 0 Å². The van der Waals surface area contributed by atoms with Gasteiger partial charge in [0.25, 0.3) is 0 Å². The van der Waals surface area contributed by atoms with E-state index >= 15 is 0 Å². The van der Waals surface area contributed by atoms with E-state index in [4.69, 9.17) is 4.74 Å². The molecule has 122 valence electrons. The van der Waals surface area contributed by atoms with E-state index in [0.29, 0.717) is 0 Å². The predicted molar refractivity (Wildman–Crippen MR) is 93.1 cm³/mol. The molecule has 2 aromatic rings. The summed E-state index contributed by atoms with van der Waals surface area (Å²) in [6, 6.07) is 12.3. The van der Waals surface area contributed by atoms with E-state index in [0.717, 1.165) is 63.1 Å². The number of para-hydroxylation sites is 1. The summed E-state index contributed by atoms with van der Waals surface area (Å²) in [6.45, 7) is 5.10. The second-order valence-corrected chi connectivity index (χ2v) is 5.43. The van der Waals surface area contributed by atoms with Gasteiger partial charge < -0.3 is 20.3 Å². The zero-order valence-electron chi connectivity index (χ0n) is 13.2. The number of benzene rings is 1. The van der Waals surface area contributed by atoms with Crippen molar-refractivity contribution in [2.75, 3.05) is 54.9 Å². The third-order valence-corrected chi connectivity index (χ3v) is 3.75. The highest BCUT2D eigenvalue weighted by atomic mass is 16.5. The quantitative estimate of drug-likeness (QED) is 0.764. The van der Waals surface area contributed by atoms with Gasteiger partial charge in [-0.3, -0.25) is 0 Å². The van der Waals surface area contributed by atoms with Crippen molar-refractivity contribution in [3.63, 3.8) is 0 Å². The summed E-state index contributed by atoms with van der Waals surface area (Å²) in [5.74, 6) is 1.84. The predicted octanol–water partition coefficient (Wildman–Crippen LogP) is 2.23. The molecule has 1 saturated heterocycles. The maximum absolute atomic E-state index is 5.37. The molecule has 0 radical (unpaired) electrons. The van der Waals surface area contributed by atoms with Crippen molar-refractivity contribution in [1.29, 1.82) is 0 Å². The Morgan fingerprint density at radius 3 is 2.61 bits per heavy atom. The Balaban J connectivity index is 1.41. The zero-order valence-corrected chi connectivity index (χ0v) is 13.2. The molecule has 1 aromatic carbocycles. The SMILES string of the molecule is c1ccc(NCCCNc2cc(N3CCOCC3)ncn2)cc1. The minimum absolute atomic E-state index is 0.762. The summed E-state index contributed by atoms with van der Waals surface area (Å²) < 4.78 is 5.37. The second kappa shape index (κ2) is 8.33. The van der Waals surface area contributed by atoms with E-state index in [9.17, 15) is 0 Å². The van der Waals surface area contributed by atoms with Gasteiger partial charge in [-0.15, -0.1) is 0 Å². The van der Waals surface area contributed by atoms with Crippen LogP contribution in [-0.2, 0) is 4.74 Å². The van der Waals surface area contributed by atoms with Gasteiger partial charge in [-0.05, 0) is 18.6 Å². The van der Waals surface area contributed by atoms with Crippen LogP contribution in [0.1, 0.15) is 6.42 Å². The number of morpholine rings is 1. The number of rotatable bonds is 7. The number of nitrogens with one attached hydrogen (secondary N) is 2. The smallest absolute Gasteiger partial charge is 0.134 e. The Bertz CT molecular complexity index is 587. The van der Waals surface area contributed by atoms with Crippen molar-refractivity contribution in [3.05, 3.63) is 42.7 Å². The van der Waals surface area contributed by atoms with Crippen LogP contribution in [0.25, 0.3) is 0 Å². The van der Waals surface area contributed by atoms with E-state index in [1.54, 1.807) is 6.33 Å². The van der Waals surface area contributed by atoms with E-state index in [1.165, 1.54) is 0 Å². The maximum Gasteiger partial charge on any atom is 0.134 e. The Morgan fingerprint density at radius 1 is 1.00 bits per heavy atom. The molecule has 3 rings (SSSR count). The number of ether oxygens (including phenoxy) is 1. The molecular weight excluding hydrogens is 290 g/mol. The van der Waals surface area contributed by atoms with Gasteiger partial charge in [-0.2, -0.15) is 0 Å². The van der Waals surface area contributed by atoms with E-state index in [-0.39, 0.29) is 0 Å². The average molecular weight is 313 g/mol. The summed E-state index contributed by atoms with van der Waals surface area (Å²) in [5.41, 5.74) is 1.16. The minimum atomic E-state index is 0.762. The first-order valence-electron chi connectivity index (χ1n) is 8.09. The molecule has 0 unspecified atom stereocenters. The summed E-state index contributed by atoms with van der Waals surface area (Å²) in [7, 11) is 0. The Labute approximate surface area is 136 Å². The monoisotopic (exact) mass is 313 g/mol. The molecule has 6 heteroatoms. The van der Waals surface area contributed by atoms with E-state index < -0.39 is 0 Å². The molecule has 0 saturated carbocycles. The highest BCUT2D eigenvalue weighted by Gasteiger charge is 2.12. The summed E-state index contributed by atoms with van der Waals surface area (Å²) in [6.07, 6.45) is 2.64. The molecule has 1 aromatic heterocycles. The lowest BCUT2D eigenvalue weighted by molar-refractivity contribution is 0.122. The van der Waals surface area contributed by atoms with Gasteiger partial charge in [0.15, 0.2) is 0 Å². The second-order valence-electron chi connectivity index (χ2n) is 5.43. The van der Waals surface area contributed by atoms with Crippen LogP contribution in [0.15, 0.2) is 42.7 Å². The molecule has 6 nitrogen and oxygen atoms in total. The van der Waals surface area contributed by atoms with Crippen molar-refractivity contribution in [1.82, 2.24) is 9.97 Å². The minimum Gasteiger partial charge on any atom is -0.385 e. The van der Waals surface area contributed by atoms with Crippen LogP contribution in [0.3, 0.4) is 0 Å². The molecule has 23 heavy (non-hydrogen) atoms. The highest BCUT2D eigenvalue weighted by molar-refractivity contribution is 5.48. The van der Waals surface area contributed by atoms with E-state index in [1.807, 2.05) is 24.3 Å². The van der Waals surface area contributed by atoms with Crippen molar-refractivity contribution in [3.8, 4) is 0 Å². The van der Waals surface area contributed by atoms with Crippen LogP contribution in [0.4, 0.5) is 17.3 Å². The lowest BCUT2D eigenvalue weighted by atomic mass is 10.3. The largest absolute Gasteiger partial charge is 0.385 e. The van der Waals surface area contributed by atoms with Crippen LogP contribution in [0.2, 0.25) is 0 Å². The van der Waals surface area contributed by atoms with Crippen LogP contribution in [-0.4, -0.2) is 49.4 Å². The molecule has 0 bridgehead atoms. The van der Waals surface area contributed by atoms with Crippen molar-refractivity contribution in [2.45, 2.75) is 6.42 Å². The van der Waals surface area contributed by atoms with Gasteiger partial charge in [-0.1, -0.05) is 18.2 Å². The topological polar surface area (TPSA) is 62.3 Å². The summed E-state index contributed by atoms with van der Waals surface area (Å²) >= 11 is 0. The molecule has 0 aliphatic carbocycles. The van der Waals surface area contributed by atoms with Crippen LogP contribution in [0.5, 0.6) is 0 Å². The fourth-order valence-electron chi connectivity index (χ4n) is 2.50. The maximum atomic E-state index is 5.37. The Hall–Kier alpha value is -2.34. The molecular formula is C17H23N5O. The number of nitrogens with zero attached hydrogens (tertiary/aromatic N) is 3. The molecule has 2 N–H and O–H groups in total. The van der Waals surface area contributed by atoms with Gasteiger partial charge in [0.05, 0.1) is 13.2 Å². The highest BCUT2D eigenvalue weighted by Crippen LogP contribution is 2.15. The van der Waals surface area contributed by atoms with Gasteiger partial charge in [-0.25, -0.2) is 9.97 Å². The molecule has 1 fully saturated rings. The molecule has 0 amide bonds. The van der Waals surface area contributed by atoms with E-state index in [2.05, 4.69) is 37.6 Å². The summed E-state index contributed by atoms with van der Waals surface area (Å²) in [4.78, 5) is 10.9. The number of aromatic nitrogens is 2. The number of hydrogen-bond donors (Lipinski definition) is 2. The standard InChI is InChI=1S/C17H23N5O/c1-2-5-15(6-3-1)18-7-4-8-19-16-13-17(21-14-20-16)22-9-11-23-12-10-22/h1-3,5-6,13-14,18H,4,7-12H2,(H,19,20,21). The molecule has 1 aliphatic heterocycles. The number of anilines is 3. The normalized spacial score (nSPS) is 14.5. The van der Waals surface area contributed by atoms with Gasteiger partial charge in [0, 0.05) is 37.9 Å². The molecule has 0 atom stereocenters. The van der Waals surface area contributed by atoms with Crippen LogP contribution in [0, 0.1) is 0 Å². The lowest BCUT2D eigenvalue weighted by Crippen LogP contribution is -2.36. The van der Waals surface area contributed by atoms with Crippen molar-refractivity contribution in [2.24, 2.45) is 0 Å². The zero-order chi connectivity index (χ0) is 15.7. The molecule has 2 heterocycles. The summed E-state index contributed by atoms with van der Waals surface area (Å²) in [5, 5.41) is 6.76. The molecule has 0 spiro atoms.